The molecule has 3 rings (SSSR count). The molecular weight excluding hydrogens is 324 g/mol. The molecule has 9 heteroatoms. The molecule has 2 aromatic heterocycles. The highest BCUT2D eigenvalue weighted by Crippen LogP contribution is 2.16. The summed E-state index contributed by atoms with van der Waals surface area (Å²) in [5.74, 6) is 0. The number of imidazole rings is 1. The van der Waals surface area contributed by atoms with Crippen molar-refractivity contribution in [3.05, 3.63) is 47.2 Å². The normalized spacial score (nSPS) is 12.3. The molecule has 0 aliphatic heterocycles. The molecule has 0 saturated heterocycles. The topological polar surface area (TPSA) is 96.1 Å². The zero-order chi connectivity index (χ0) is 15.7. The minimum Gasteiger partial charge on any atom is -0.289 e. The Morgan fingerprint density at radius 3 is 2.77 bits per heavy atom. The van der Waals surface area contributed by atoms with Gasteiger partial charge in [-0.25, -0.2) is 4.98 Å². The largest absolute Gasteiger partial charge is 0.294 e. The van der Waals surface area contributed by atoms with Crippen LogP contribution in [0.15, 0.2) is 45.8 Å². The fourth-order valence-electron chi connectivity index (χ4n) is 1.94. The number of benzene rings is 1. The maximum atomic E-state index is 10.9. The lowest BCUT2D eigenvalue weighted by atomic mass is 10.3. The van der Waals surface area contributed by atoms with E-state index in [1.807, 2.05) is 22.9 Å². The standard InChI is InChI=1S/C13H12N4O3S2/c1-9-12(17-6-7-21-13(17)15-9)8-14-16-10-2-4-11(5-3-10)22(18,19)20/h2-8,16H,1H3,(H,18,19,20)/b14-8-. The number of thiazole rings is 1. The maximum Gasteiger partial charge on any atom is 0.294 e. The molecule has 114 valence electrons. The second kappa shape index (κ2) is 5.52. The van der Waals surface area contributed by atoms with Gasteiger partial charge in [-0.2, -0.15) is 13.5 Å². The summed E-state index contributed by atoms with van der Waals surface area (Å²) in [7, 11) is -4.18. The molecule has 0 bridgehead atoms. The molecule has 0 aliphatic carbocycles. The maximum absolute atomic E-state index is 10.9. The van der Waals surface area contributed by atoms with Crippen molar-refractivity contribution in [2.45, 2.75) is 11.8 Å². The highest BCUT2D eigenvalue weighted by molar-refractivity contribution is 7.85. The van der Waals surface area contributed by atoms with Crippen LogP contribution in [0.1, 0.15) is 11.4 Å². The van der Waals surface area contributed by atoms with E-state index < -0.39 is 10.1 Å². The van der Waals surface area contributed by atoms with Gasteiger partial charge in [0.1, 0.15) is 0 Å². The Labute approximate surface area is 130 Å². The fraction of sp³-hybridized carbons (Fsp3) is 0.0769. The Balaban J connectivity index is 1.77. The Morgan fingerprint density at radius 1 is 1.36 bits per heavy atom. The van der Waals surface area contributed by atoms with Crippen LogP contribution in [0.3, 0.4) is 0 Å². The van der Waals surface area contributed by atoms with Gasteiger partial charge in [0.05, 0.1) is 28.2 Å². The number of aromatic nitrogens is 2. The van der Waals surface area contributed by atoms with Gasteiger partial charge in [-0.1, -0.05) is 0 Å². The molecule has 0 spiro atoms. The lowest BCUT2D eigenvalue weighted by Crippen LogP contribution is -1.98. The molecule has 0 radical (unpaired) electrons. The van der Waals surface area contributed by atoms with Crippen LogP contribution in [0.4, 0.5) is 5.69 Å². The lowest BCUT2D eigenvalue weighted by Gasteiger charge is -2.01. The summed E-state index contributed by atoms with van der Waals surface area (Å²) in [4.78, 5) is 5.15. The van der Waals surface area contributed by atoms with Gasteiger partial charge in [-0.05, 0) is 31.2 Å². The second-order valence-electron chi connectivity index (χ2n) is 4.51. The molecule has 1 aromatic carbocycles. The van der Waals surface area contributed by atoms with E-state index in [0.717, 1.165) is 16.3 Å². The van der Waals surface area contributed by atoms with Crippen LogP contribution >= 0.6 is 11.3 Å². The van der Waals surface area contributed by atoms with E-state index >= 15 is 0 Å². The first-order valence-corrected chi connectivity index (χ1v) is 8.56. The molecule has 0 atom stereocenters. The van der Waals surface area contributed by atoms with Crippen LogP contribution in [0.5, 0.6) is 0 Å². The number of aryl methyl sites for hydroxylation is 1. The first-order valence-electron chi connectivity index (χ1n) is 6.24. The van der Waals surface area contributed by atoms with Gasteiger partial charge in [0.25, 0.3) is 10.1 Å². The van der Waals surface area contributed by atoms with Crippen molar-refractivity contribution < 1.29 is 13.0 Å². The van der Waals surface area contributed by atoms with Crippen LogP contribution < -0.4 is 5.43 Å². The number of nitrogens with zero attached hydrogens (tertiary/aromatic N) is 3. The summed E-state index contributed by atoms with van der Waals surface area (Å²) in [5, 5.41) is 6.07. The fourth-order valence-corrected chi connectivity index (χ4v) is 3.18. The lowest BCUT2D eigenvalue weighted by molar-refractivity contribution is 0.483. The predicted octanol–water partition coefficient (Wildman–Crippen LogP) is 2.40. The number of rotatable bonds is 4. The van der Waals surface area contributed by atoms with Gasteiger partial charge in [0.2, 0.25) is 0 Å². The van der Waals surface area contributed by atoms with Crippen molar-refractivity contribution in [2.24, 2.45) is 5.10 Å². The molecule has 0 saturated carbocycles. The van der Waals surface area contributed by atoms with Crippen molar-refractivity contribution in [2.75, 3.05) is 5.43 Å². The Hall–Kier alpha value is -2.23. The highest BCUT2D eigenvalue weighted by Gasteiger charge is 2.08. The zero-order valence-electron chi connectivity index (χ0n) is 11.5. The molecule has 2 N–H and O–H groups in total. The van der Waals surface area contributed by atoms with Crippen molar-refractivity contribution in [3.8, 4) is 0 Å². The van der Waals surface area contributed by atoms with Gasteiger partial charge in [0.15, 0.2) is 4.96 Å². The first-order chi connectivity index (χ1) is 10.4. The summed E-state index contributed by atoms with van der Waals surface area (Å²) < 4.78 is 32.7. The first kappa shape index (κ1) is 14.7. The van der Waals surface area contributed by atoms with Gasteiger partial charge in [-0.3, -0.25) is 14.4 Å². The monoisotopic (exact) mass is 336 g/mol. The SMILES string of the molecule is Cc1nc2sccn2c1/C=N\Nc1ccc(S(=O)(=O)O)cc1. The molecule has 0 unspecified atom stereocenters. The van der Waals surface area contributed by atoms with Gasteiger partial charge < -0.3 is 0 Å². The summed E-state index contributed by atoms with van der Waals surface area (Å²) in [6.07, 6.45) is 3.57. The zero-order valence-corrected chi connectivity index (χ0v) is 13.1. The Kier molecular flexibility index (Phi) is 3.69. The summed E-state index contributed by atoms with van der Waals surface area (Å²) in [5.41, 5.74) is 5.15. The molecule has 3 aromatic rings. The summed E-state index contributed by atoms with van der Waals surface area (Å²) >= 11 is 1.55. The van der Waals surface area contributed by atoms with Gasteiger partial charge >= 0.3 is 0 Å². The molecule has 0 aliphatic rings. The average Bonchev–Trinajstić information content (AvgIpc) is 3.01. The van der Waals surface area contributed by atoms with Gasteiger partial charge in [0, 0.05) is 11.6 Å². The third-order valence-electron chi connectivity index (χ3n) is 3.02. The van der Waals surface area contributed by atoms with Crippen LogP contribution in [0, 0.1) is 6.92 Å². The van der Waals surface area contributed by atoms with E-state index in [4.69, 9.17) is 4.55 Å². The van der Waals surface area contributed by atoms with E-state index in [1.54, 1.807) is 17.6 Å². The molecule has 0 amide bonds. The van der Waals surface area contributed by atoms with Crippen molar-refractivity contribution in [1.82, 2.24) is 9.38 Å². The predicted molar refractivity (Wildman–Crippen MR) is 85.3 cm³/mol. The number of hydrogen-bond donors (Lipinski definition) is 2. The van der Waals surface area contributed by atoms with Crippen LogP contribution in [0.25, 0.3) is 4.96 Å². The van der Waals surface area contributed by atoms with Crippen molar-refractivity contribution >= 4 is 38.3 Å². The number of hydrogen-bond acceptors (Lipinski definition) is 6. The molecular formula is C13H12N4O3S2. The molecule has 0 fully saturated rings. The van der Waals surface area contributed by atoms with Gasteiger partial charge in [-0.15, -0.1) is 11.3 Å². The minimum absolute atomic E-state index is 0.159. The van der Waals surface area contributed by atoms with E-state index in [2.05, 4.69) is 15.5 Å². The van der Waals surface area contributed by atoms with Crippen LogP contribution in [0.2, 0.25) is 0 Å². The summed E-state index contributed by atoms with van der Waals surface area (Å²) in [6.45, 7) is 1.90. The third-order valence-corrected chi connectivity index (χ3v) is 4.64. The van der Waals surface area contributed by atoms with Crippen molar-refractivity contribution in [3.63, 3.8) is 0 Å². The third kappa shape index (κ3) is 2.86. The molecule has 22 heavy (non-hydrogen) atoms. The molecule has 2 heterocycles. The minimum atomic E-state index is -4.18. The molecule has 7 nitrogen and oxygen atoms in total. The number of fused-ring (bicyclic) bond motifs is 1. The second-order valence-corrected chi connectivity index (χ2v) is 6.80. The highest BCUT2D eigenvalue weighted by atomic mass is 32.2. The van der Waals surface area contributed by atoms with Crippen molar-refractivity contribution in [1.29, 1.82) is 0 Å². The summed E-state index contributed by atoms with van der Waals surface area (Å²) in [6, 6.07) is 5.64. The van der Waals surface area contributed by atoms with Crippen LogP contribution in [-0.4, -0.2) is 28.6 Å². The smallest absolute Gasteiger partial charge is 0.289 e. The number of nitrogens with one attached hydrogen (secondary N) is 1. The number of anilines is 1. The number of hydrazone groups is 1. The van der Waals surface area contributed by atoms with E-state index in [0.29, 0.717) is 5.69 Å². The Bertz CT molecular complexity index is 939. The van der Waals surface area contributed by atoms with E-state index in [1.165, 1.54) is 24.3 Å². The van der Waals surface area contributed by atoms with E-state index in [-0.39, 0.29) is 4.90 Å². The van der Waals surface area contributed by atoms with E-state index in [9.17, 15) is 8.42 Å². The average molecular weight is 336 g/mol. The quantitative estimate of drug-likeness (QED) is 0.433. The Morgan fingerprint density at radius 2 is 2.09 bits per heavy atom. The van der Waals surface area contributed by atoms with Crippen LogP contribution in [-0.2, 0) is 10.1 Å².